The van der Waals surface area contributed by atoms with Gasteiger partial charge in [-0.25, -0.2) is 0 Å². The summed E-state index contributed by atoms with van der Waals surface area (Å²) in [5.74, 6) is -0.0464. The van der Waals surface area contributed by atoms with Crippen molar-refractivity contribution >= 4 is 51.1 Å². The van der Waals surface area contributed by atoms with Crippen molar-refractivity contribution in [2.45, 2.75) is 25.3 Å². The van der Waals surface area contributed by atoms with E-state index in [0.29, 0.717) is 0 Å². The van der Waals surface area contributed by atoms with E-state index < -0.39 is 18.0 Å². The first-order valence-electron chi connectivity index (χ1n) is 6.89. The van der Waals surface area contributed by atoms with E-state index in [0.717, 1.165) is 14.8 Å². The average Bonchev–Trinajstić information content (AvgIpc) is 2.46. The molecule has 1 fully saturated rings. The molecule has 1 N–H and O–H groups in total. The van der Waals surface area contributed by atoms with Crippen molar-refractivity contribution in [2.24, 2.45) is 5.92 Å². The highest BCUT2D eigenvalue weighted by Crippen LogP contribution is 2.40. The van der Waals surface area contributed by atoms with Gasteiger partial charge in [-0.2, -0.15) is 0 Å². The monoisotopic (exact) mass is 355 g/mol. The van der Waals surface area contributed by atoms with Crippen molar-refractivity contribution in [1.29, 1.82) is 0 Å². The predicted molar refractivity (Wildman–Crippen MR) is 94.7 cm³/mol. The van der Waals surface area contributed by atoms with Gasteiger partial charge >= 0.3 is 5.97 Å². The van der Waals surface area contributed by atoms with E-state index in [-0.39, 0.29) is 11.3 Å². The Kier molecular flexibility index (Phi) is 6.28. The van der Waals surface area contributed by atoms with E-state index in [1.54, 1.807) is 11.8 Å². The number of amides is 1. The molecule has 3 atom stereocenters. The van der Waals surface area contributed by atoms with Gasteiger partial charge in [0.25, 0.3) is 0 Å². The van der Waals surface area contributed by atoms with Gasteiger partial charge in [0.05, 0.1) is 5.37 Å². The van der Waals surface area contributed by atoms with Gasteiger partial charge in [0.15, 0.2) is 0 Å². The summed E-state index contributed by atoms with van der Waals surface area (Å²) in [5, 5.41) is 2.67. The third-order valence-electron chi connectivity index (χ3n) is 3.15. The number of rotatable bonds is 5. The molecule has 1 heterocycles. The summed E-state index contributed by atoms with van der Waals surface area (Å²) in [6.07, 6.45) is -0.584. The molecule has 0 saturated carbocycles. The van der Waals surface area contributed by atoms with Gasteiger partial charge in [0.1, 0.15) is 15.6 Å². The molecule has 1 aromatic carbocycles. The first-order valence-corrected chi connectivity index (χ1v) is 9.16. The van der Waals surface area contributed by atoms with Gasteiger partial charge in [0, 0.05) is 6.92 Å². The van der Waals surface area contributed by atoms with Crippen LogP contribution in [0.2, 0.25) is 0 Å². The number of ether oxygens (including phenoxy) is 1. The third kappa shape index (κ3) is 4.24. The Hall–Kier alpha value is -1.05. The number of nitrogens with one attached hydrogen (secondary N) is 1. The molecule has 0 aliphatic carbocycles. The quantitative estimate of drug-likeness (QED) is 0.497. The Bertz CT molecular complexity index is 564. The van der Waals surface area contributed by atoms with Gasteiger partial charge in [-0.3, -0.25) is 9.59 Å². The molecule has 1 aliphatic heterocycles. The van der Waals surface area contributed by atoms with E-state index in [4.69, 9.17) is 17.0 Å². The number of thiocarbonyl (C=S) groups is 1. The van der Waals surface area contributed by atoms with E-state index in [1.807, 2.05) is 37.3 Å². The Morgan fingerprint density at radius 1 is 1.41 bits per heavy atom. The fourth-order valence-electron chi connectivity index (χ4n) is 2.19. The lowest BCUT2D eigenvalue weighted by atomic mass is 9.89. The van der Waals surface area contributed by atoms with Crippen LogP contribution in [-0.2, 0) is 14.3 Å². The molecule has 22 heavy (non-hydrogen) atoms. The summed E-state index contributed by atoms with van der Waals surface area (Å²) < 4.78 is 6.20. The summed E-state index contributed by atoms with van der Waals surface area (Å²) in [6, 6.07) is 9.33. The van der Waals surface area contributed by atoms with Crippen LogP contribution in [0.3, 0.4) is 0 Å². The maximum Gasteiger partial charge on any atom is 0.303 e. The Morgan fingerprint density at radius 2 is 2.09 bits per heavy atom. The van der Waals surface area contributed by atoms with Gasteiger partial charge < -0.3 is 10.1 Å². The van der Waals surface area contributed by atoms with Gasteiger partial charge in [-0.1, -0.05) is 61.2 Å². The summed E-state index contributed by atoms with van der Waals surface area (Å²) in [4.78, 5) is 23.4. The van der Waals surface area contributed by atoms with Crippen LogP contribution in [0.5, 0.6) is 0 Å². The highest BCUT2D eigenvalue weighted by atomic mass is 32.2. The van der Waals surface area contributed by atoms with Crippen LogP contribution >= 0.6 is 35.7 Å². The summed E-state index contributed by atoms with van der Waals surface area (Å²) in [6.45, 7) is 3.38. The van der Waals surface area contributed by atoms with Crippen molar-refractivity contribution in [3.05, 3.63) is 35.9 Å². The molecule has 118 valence electrons. The Morgan fingerprint density at radius 3 is 2.64 bits per heavy atom. The van der Waals surface area contributed by atoms with Crippen molar-refractivity contribution in [3.8, 4) is 0 Å². The van der Waals surface area contributed by atoms with Crippen molar-refractivity contribution in [3.63, 3.8) is 0 Å². The molecule has 0 aromatic heterocycles. The highest BCUT2D eigenvalue weighted by Gasteiger charge is 2.47. The van der Waals surface area contributed by atoms with Gasteiger partial charge in [-0.15, -0.1) is 11.8 Å². The Labute approximate surface area is 143 Å². The maximum atomic E-state index is 12.0. The lowest BCUT2D eigenvalue weighted by molar-refractivity contribution is -0.156. The van der Waals surface area contributed by atoms with E-state index in [2.05, 4.69) is 5.32 Å². The minimum Gasteiger partial charge on any atom is -0.457 e. The van der Waals surface area contributed by atoms with Crippen LogP contribution in [0.15, 0.2) is 30.3 Å². The topological polar surface area (TPSA) is 55.4 Å². The second-order valence-corrected chi connectivity index (χ2v) is 8.31. The Balaban J connectivity index is 2.16. The molecule has 2 rings (SSSR count). The number of carbonyl (C=O) groups is 2. The minimum atomic E-state index is -0.584. The second kappa shape index (κ2) is 7.99. The highest BCUT2D eigenvalue weighted by molar-refractivity contribution is 8.47. The molecule has 0 radical (unpaired) electrons. The molecule has 1 aliphatic rings. The first kappa shape index (κ1) is 17.3. The molecular weight excluding hydrogens is 338 g/mol. The molecule has 4 nitrogen and oxygen atoms in total. The van der Waals surface area contributed by atoms with E-state index in [9.17, 15) is 9.59 Å². The fraction of sp³-hybridized carbons (Fsp3) is 0.400. The summed E-state index contributed by atoms with van der Waals surface area (Å²) in [5.41, 5.74) is 0.817. The van der Waals surface area contributed by atoms with Crippen LogP contribution in [0.25, 0.3) is 0 Å². The van der Waals surface area contributed by atoms with Crippen LogP contribution in [0.1, 0.15) is 25.5 Å². The molecule has 0 bridgehead atoms. The lowest BCUT2D eigenvalue weighted by Crippen LogP contribution is -2.59. The zero-order chi connectivity index (χ0) is 16.1. The molecule has 1 aromatic rings. The standard InChI is InChI=1S/C15H17NO3S3/c1-3-21-15(20)22-14-11(13(18)16-14)12(19-9(2)17)10-7-5-4-6-8-10/h4-8,11-12,14H,3H2,1-2H3,(H,16,18). The molecule has 7 heteroatoms. The van der Waals surface area contributed by atoms with Crippen molar-refractivity contribution in [2.75, 3.05) is 5.75 Å². The molecule has 3 unspecified atom stereocenters. The SMILES string of the molecule is CCSC(=S)SC1NC(=O)C1C(OC(C)=O)c1ccccc1. The third-order valence-corrected chi connectivity index (χ3v) is 5.81. The molecule has 1 amide bonds. The number of hydrogen-bond acceptors (Lipinski definition) is 6. The van der Waals surface area contributed by atoms with E-state index in [1.165, 1.54) is 18.7 Å². The molecular formula is C15H17NO3S3. The maximum absolute atomic E-state index is 12.0. The van der Waals surface area contributed by atoms with Crippen LogP contribution in [-0.4, -0.2) is 26.5 Å². The minimum absolute atomic E-state index is 0.114. The van der Waals surface area contributed by atoms with Crippen molar-refractivity contribution < 1.29 is 14.3 Å². The smallest absolute Gasteiger partial charge is 0.303 e. The van der Waals surface area contributed by atoms with Crippen molar-refractivity contribution in [1.82, 2.24) is 5.32 Å². The second-order valence-electron chi connectivity index (χ2n) is 4.70. The largest absolute Gasteiger partial charge is 0.457 e. The fourth-order valence-corrected chi connectivity index (χ4v) is 4.82. The number of thioether (sulfide) groups is 2. The predicted octanol–water partition coefficient (Wildman–Crippen LogP) is 3.13. The zero-order valence-corrected chi connectivity index (χ0v) is 14.7. The first-order chi connectivity index (χ1) is 10.5. The number of β-lactam (4-membered cyclic amide) rings is 1. The molecule has 1 saturated heterocycles. The van der Waals surface area contributed by atoms with Gasteiger partial charge in [0.2, 0.25) is 5.91 Å². The lowest BCUT2D eigenvalue weighted by Gasteiger charge is -2.40. The van der Waals surface area contributed by atoms with Crippen LogP contribution in [0.4, 0.5) is 0 Å². The summed E-state index contributed by atoms with van der Waals surface area (Å²) in [7, 11) is 0. The van der Waals surface area contributed by atoms with Crippen LogP contribution < -0.4 is 5.32 Å². The number of benzene rings is 1. The summed E-state index contributed by atoms with van der Waals surface area (Å²) >= 11 is 8.29. The number of hydrogen-bond donors (Lipinski definition) is 1. The number of carbonyl (C=O) groups excluding carboxylic acids is 2. The average molecular weight is 356 g/mol. The van der Waals surface area contributed by atoms with E-state index >= 15 is 0 Å². The zero-order valence-electron chi connectivity index (χ0n) is 12.3. The van der Waals surface area contributed by atoms with Crippen LogP contribution in [0, 0.1) is 5.92 Å². The molecule has 0 spiro atoms. The normalized spacial score (nSPS) is 21.5. The number of esters is 1. The van der Waals surface area contributed by atoms with Gasteiger partial charge in [-0.05, 0) is 11.3 Å².